The van der Waals surface area contributed by atoms with Crippen molar-refractivity contribution in [2.45, 2.75) is 6.92 Å². The van der Waals surface area contributed by atoms with Crippen molar-refractivity contribution in [2.75, 3.05) is 0 Å². The molecular weight excluding hydrogens is 189 g/mol. The van der Waals surface area contributed by atoms with Gasteiger partial charge in [0.25, 0.3) is 0 Å². The van der Waals surface area contributed by atoms with Crippen LogP contribution in [0.2, 0.25) is 0 Å². The highest BCUT2D eigenvalue weighted by Gasteiger charge is 2.13. The van der Waals surface area contributed by atoms with Gasteiger partial charge in [-0.1, -0.05) is 6.07 Å². The first-order chi connectivity index (χ1) is 7.18. The van der Waals surface area contributed by atoms with Crippen LogP contribution in [0.25, 0.3) is 5.69 Å². The molecule has 76 valence electrons. The molecule has 0 radical (unpaired) electrons. The van der Waals surface area contributed by atoms with Crippen molar-refractivity contribution in [1.29, 1.82) is 0 Å². The SMILES string of the molecule is Cc1cc(-n2cccc2)ccc1B(O)O. The largest absolute Gasteiger partial charge is 0.488 e. The standard InChI is InChI=1S/C11H12BNO2/c1-9-8-10(13-6-2-3-7-13)4-5-11(9)12(14)15/h2-8,14-15H,1H3. The zero-order chi connectivity index (χ0) is 10.8. The summed E-state index contributed by atoms with van der Waals surface area (Å²) in [4.78, 5) is 0. The number of nitrogens with zero attached hydrogens (tertiary/aromatic N) is 1. The quantitative estimate of drug-likeness (QED) is 0.693. The summed E-state index contributed by atoms with van der Waals surface area (Å²) in [6, 6.07) is 9.42. The Labute approximate surface area is 88.8 Å². The van der Waals surface area contributed by atoms with E-state index in [9.17, 15) is 0 Å². The molecule has 0 aliphatic carbocycles. The van der Waals surface area contributed by atoms with E-state index in [1.54, 1.807) is 6.07 Å². The lowest BCUT2D eigenvalue weighted by atomic mass is 9.77. The summed E-state index contributed by atoms with van der Waals surface area (Å²) in [6.07, 6.45) is 3.90. The summed E-state index contributed by atoms with van der Waals surface area (Å²) in [7, 11) is -1.40. The zero-order valence-electron chi connectivity index (χ0n) is 8.46. The molecule has 0 saturated heterocycles. The summed E-state index contributed by atoms with van der Waals surface area (Å²) >= 11 is 0. The number of aryl methyl sites for hydroxylation is 1. The summed E-state index contributed by atoms with van der Waals surface area (Å²) < 4.78 is 1.97. The van der Waals surface area contributed by atoms with Gasteiger partial charge in [0.05, 0.1) is 0 Å². The third kappa shape index (κ3) is 1.96. The lowest BCUT2D eigenvalue weighted by Gasteiger charge is -2.08. The van der Waals surface area contributed by atoms with E-state index >= 15 is 0 Å². The Morgan fingerprint density at radius 1 is 1.13 bits per heavy atom. The molecular formula is C11H12BNO2. The van der Waals surface area contributed by atoms with E-state index < -0.39 is 7.12 Å². The molecule has 3 nitrogen and oxygen atoms in total. The van der Waals surface area contributed by atoms with Crippen molar-refractivity contribution in [3.63, 3.8) is 0 Å². The van der Waals surface area contributed by atoms with Crippen LogP contribution in [0.4, 0.5) is 0 Å². The number of hydrogen-bond donors (Lipinski definition) is 2. The highest BCUT2D eigenvalue weighted by atomic mass is 16.4. The second-order valence-corrected chi connectivity index (χ2v) is 3.50. The van der Waals surface area contributed by atoms with Crippen LogP contribution in [-0.2, 0) is 0 Å². The minimum atomic E-state index is -1.40. The van der Waals surface area contributed by atoms with Gasteiger partial charge >= 0.3 is 7.12 Å². The summed E-state index contributed by atoms with van der Waals surface area (Å²) in [5, 5.41) is 18.1. The van der Waals surface area contributed by atoms with Crippen LogP contribution in [0.15, 0.2) is 42.7 Å². The van der Waals surface area contributed by atoms with Gasteiger partial charge < -0.3 is 14.6 Å². The van der Waals surface area contributed by atoms with Crippen molar-refractivity contribution < 1.29 is 10.0 Å². The van der Waals surface area contributed by atoms with Crippen LogP contribution in [0.3, 0.4) is 0 Å². The van der Waals surface area contributed by atoms with Crippen LogP contribution >= 0.6 is 0 Å². The molecule has 1 heterocycles. The Hall–Kier alpha value is -1.52. The van der Waals surface area contributed by atoms with Crippen LogP contribution in [0.1, 0.15) is 5.56 Å². The monoisotopic (exact) mass is 201 g/mol. The average molecular weight is 201 g/mol. The smallest absolute Gasteiger partial charge is 0.423 e. The molecule has 1 aromatic carbocycles. The first-order valence-electron chi connectivity index (χ1n) is 4.78. The minimum absolute atomic E-state index is 0.547. The maximum Gasteiger partial charge on any atom is 0.488 e. The van der Waals surface area contributed by atoms with E-state index in [0.717, 1.165) is 11.3 Å². The minimum Gasteiger partial charge on any atom is -0.423 e. The Balaban J connectivity index is 2.42. The molecule has 4 heteroatoms. The van der Waals surface area contributed by atoms with E-state index in [0.29, 0.717) is 5.46 Å². The summed E-state index contributed by atoms with van der Waals surface area (Å²) in [5.74, 6) is 0. The van der Waals surface area contributed by atoms with E-state index in [2.05, 4.69) is 0 Å². The van der Waals surface area contributed by atoms with Crippen LogP contribution < -0.4 is 5.46 Å². The average Bonchev–Trinajstić information content (AvgIpc) is 2.69. The molecule has 0 aliphatic heterocycles. The molecule has 15 heavy (non-hydrogen) atoms. The van der Waals surface area contributed by atoms with Gasteiger partial charge in [0.15, 0.2) is 0 Å². The molecule has 0 fully saturated rings. The van der Waals surface area contributed by atoms with Crippen LogP contribution in [0, 0.1) is 6.92 Å². The number of aromatic nitrogens is 1. The molecule has 0 unspecified atom stereocenters. The molecule has 2 aromatic rings. The highest BCUT2D eigenvalue weighted by Crippen LogP contribution is 2.09. The first-order valence-corrected chi connectivity index (χ1v) is 4.78. The summed E-state index contributed by atoms with van der Waals surface area (Å²) in [5.41, 5.74) is 2.43. The second-order valence-electron chi connectivity index (χ2n) is 3.50. The van der Waals surface area contributed by atoms with E-state index in [1.165, 1.54) is 0 Å². The molecule has 0 aliphatic rings. The van der Waals surface area contributed by atoms with E-state index in [4.69, 9.17) is 10.0 Å². The normalized spacial score (nSPS) is 10.3. The number of benzene rings is 1. The molecule has 0 bridgehead atoms. The van der Waals surface area contributed by atoms with Gasteiger partial charge in [-0.2, -0.15) is 0 Å². The molecule has 0 amide bonds. The predicted molar refractivity (Wildman–Crippen MR) is 60.3 cm³/mol. The Morgan fingerprint density at radius 3 is 2.33 bits per heavy atom. The second kappa shape index (κ2) is 3.92. The third-order valence-corrected chi connectivity index (χ3v) is 2.43. The lowest BCUT2D eigenvalue weighted by Crippen LogP contribution is -2.32. The van der Waals surface area contributed by atoms with Crippen molar-refractivity contribution in [1.82, 2.24) is 4.57 Å². The van der Waals surface area contributed by atoms with Gasteiger partial charge in [0.2, 0.25) is 0 Å². The van der Waals surface area contributed by atoms with Crippen LogP contribution in [0.5, 0.6) is 0 Å². The zero-order valence-corrected chi connectivity index (χ0v) is 8.46. The molecule has 2 N–H and O–H groups in total. The Morgan fingerprint density at radius 2 is 1.80 bits per heavy atom. The van der Waals surface area contributed by atoms with Crippen molar-refractivity contribution >= 4 is 12.6 Å². The molecule has 2 rings (SSSR count). The van der Waals surface area contributed by atoms with Gasteiger partial charge in [0.1, 0.15) is 0 Å². The number of hydrogen-bond acceptors (Lipinski definition) is 2. The van der Waals surface area contributed by atoms with Gasteiger partial charge in [-0.15, -0.1) is 0 Å². The Bertz CT molecular complexity index is 452. The fraction of sp³-hybridized carbons (Fsp3) is 0.0909. The van der Waals surface area contributed by atoms with Gasteiger partial charge in [-0.3, -0.25) is 0 Å². The van der Waals surface area contributed by atoms with Crippen molar-refractivity contribution in [3.8, 4) is 5.69 Å². The van der Waals surface area contributed by atoms with E-state index in [-0.39, 0.29) is 0 Å². The molecule has 0 atom stereocenters. The van der Waals surface area contributed by atoms with Gasteiger partial charge in [-0.05, 0) is 42.2 Å². The maximum absolute atomic E-state index is 9.07. The first kappa shape index (κ1) is 10.0. The van der Waals surface area contributed by atoms with Gasteiger partial charge in [-0.25, -0.2) is 0 Å². The van der Waals surface area contributed by atoms with Crippen LogP contribution in [-0.4, -0.2) is 21.7 Å². The molecule has 0 saturated carbocycles. The fourth-order valence-corrected chi connectivity index (χ4v) is 1.62. The third-order valence-electron chi connectivity index (χ3n) is 2.43. The maximum atomic E-state index is 9.07. The molecule has 0 spiro atoms. The lowest BCUT2D eigenvalue weighted by molar-refractivity contribution is 0.425. The predicted octanol–water partition coefficient (Wildman–Crippen LogP) is 0.466. The van der Waals surface area contributed by atoms with Crippen molar-refractivity contribution in [3.05, 3.63) is 48.3 Å². The topological polar surface area (TPSA) is 45.4 Å². The van der Waals surface area contributed by atoms with Gasteiger partial charge in [0, 0.05) is 18.1 Å². The van der Waals surface area contributed by atoms with E-state index in [1.807, 2.05) is 48.1 Å². The Kier molecular flexibility index (Phi) is 2.62. The highest BCUT2D eigenvalue weighted by molar-refractivity contribution is 6.59. The molecule has 1 aromatic heterocycles. The summed E-state index contributed by atoms with van der Waals surface area (Å²) in [6.45, 7) is 1.86. The number of rotatable bonds is 2. The van der Waals surface area contributed by atoms with Crippen molar-refractivity contribution in [2.24, 2.45) is 0 Å². The fourth-order valence-electron chi connectivity index (χ4n) is 1.62.